The van der Waals surface area contributed by atoms with Crippen molar-refractivity contribution in [3.8, 4) is 0 Å². The molecule has 0 atom stereocenters. The number of piperazine rings is 1. The summed E-state index contributed by atoms with van der Waals surface area (Å²) in [6.45, 7) is 6.54. The van der Waals surface area contributed by atoms with Gasteiger partial charge in [0.1, 0.15) is 0 Å². The van der Waals surface area contributed by atoms with Gasteiger partial charge in [-0.3, -0.25) is 9.88 Å². The highest BCUT2D eigenvalue weighted by Gasteiger charge is 2.40. The predicted molar refractivity (Wildman–Crippen MR) is 73.5 cm³/mol. The molecule has 3 rings (SSSR count). The minimum atomic E-state index is 0.420. The van der Waals surface area contributed by atoms with Gasteiger partial charge in [0.2, 0.25) is 0 Å². The molecule has 98 valence electrons. The fraction of sp³-hybridized carbons (Fsp3) is 0.667. The fourth-order valence-electron chi connectivity index (χ4n) is 3.54. The van der Waals surface area contributed by atoms with E-state index in [1.807, 2.05) is 0 Å². The standard InChI is InChI=1S/C15H23N3/c1-13-5-4-6-14(17-13)11-18-10-9-16-12-15(18)7-2-3-8-15/h4-6,16H,2-3,7-12H2,1H3. The van der Waals surface area contributed by atoms with E-state index in [4.69, 9.17) is 0 Å². The lowest BCUT2D eigenvalue weighted by atomic mass is 9.92. The Morgan fingerprint density at radius 1 is 1.33 bits per heavy atom. The zero-order valence-electron chi connectivity index (χ0n) is 11.3. The number of aromatic nitrogens is 1. The molecular formula is C15H23N3. The van der Waals surface area contributed by atoms with Crippen molar-refractivity contribution in [1.82, 2.24) is 15.2 Å². The summed E-state index contributed by atoms with van der Waals surface area (Å²) in [6, 6.07) is 6.37. The Kier molecular flexibility index (Phi) is 3.35. The van der Waals surface area contributed by atoms with E-state index in [0.717, 1.165) is 25.3 Å². The number of nitrogens with zero attached hydrogens (tertiary/aromatic N) is 2. The van der Waals surface area contributed by atoms with Gasteiger partial charge < -0.3 is 5.32 Å². The monoisotopic (exact) mass is 245 g/mol. The van der Waals surface area contributed by atoms with Crippen molar-refractivity contribution in [2.24, 2.45) is 0 Å². The molecule has 1 saturated heterocycles. The van der Waals surface area contributed by atoms with Gasteiger partial charge in [-0.15, -0.1) is 0 Å². The molecule has 0 radical (unpaired) electrons. The average molecular weight is 245 g/mol. The summed E-state index contributed by atoms with van der Waals surface area (Å²) in [6.07, 6.45) is 5.48. The largest absolute Gasteiger partial charge is 0.314 e. The molecule has 1 N–H and O–H groups in total. The minimum absolute atomic E-state index is 0.420. The summed E-state index contributed by atoms with van der Waals surface area (Å²) < 4.78 is 0. The fourth-order valence-corrected chi connectivity index (χ4v) is 3.54. The van der Waals surface area contributed by atoms with Crippen LogP contribution in [0.5, 0.6) is 0 Å². The van der Waals surface area contributed by atoms with E-state index in [9.17, 15) is 0 Å². The number of hydrogen-bond donors (Lipinski definition) is 1. The molecule has 18 heavy (non-hydrogen) atoms. The van der Waals surface area contributed by atoms with Crippen LogP contribution in [0.4, 0.5) is 0 Å². The maximum Gasteiger partial charge on any atom is 0.0547 e. The van der Waals surface area contributed by atoms with Gasteiger partial charge in [-0.05, 0) is 31.9 Å². The van der Waals surface area contributed by atoms with E-state index < -0.39 is 0 Å². The molecule has 1 aromatic heterocycles. The average Bonchev–Trinajstić information content (AvgIpc) is 2.82. The van der Waals surface area contributed by atoms with Crippen LogP contribution < -0.4 is 5.32 Å². The molecule has 1 spiro atoms. The first-order valence-corrected chi connectivity index (χ1v) is 7.17. The van der Waals surface area contributed by atoms with E-state index in [1.54, 1.807) is 0 Å². The summed E-state index contributed by atoms with van der Waals surface area (Å²) >= 11 is 0. The topological polar surface area (TPSA) is 28.2 Å². The van der Waals surface area contributed by atoms with Gasteiger partial charge >= 0.3 is 0 Å². The first-order valence-electron chi connectivity index (χ1n) is 7.17. The number of pyridine rings is 1. The summed E-state index contributed by atoms with van der Waals surface area (Å²) in [5.74, 6) is 0. The van der Waals surface area contributed by atoms with Crippen molar-refractivity contribution in [2.45, 2.75) is 44.7 Å². The van der Waals surface area contributed by atoms with Crippen LogP contribution in [0.1, 0.15) is 37.1 Å². The second-order valence-electron chi connectivity index (χ2n) is 5.80. The van der Waals surface area contributed by atoms with Gasteiger partial charge in [-0.1, -0.05) is 18.9 Å². The maximum atomic E-state index is 4.66. The first kappa shape index (κ1) is 12.1. The van der Waals surface area contributed by atoms with Gasteiger partial charge in [-0.2, -0.15) is 0 Å². The SMILES string of the molecule is Cc1cccc(CN2CCNCC23CCCC3)n1. The highest BCUT2D eigenvalue weighted by molar-refractivity contribution is 5.11. The molecule has 1 aromatic rings. The lowest BCUT2D eigenvalue weighted by Gasteiger charge is -2.45. The Bertz CT molecular complexity index is 410. The summed E-state index contributed by atoms with van der Waals surface area (Å²) in [4.78, 5) is 7.34. The Hall–Kier alpha value is -0.930. The van der Waals surface area contributed by atoms with Crippen LogP contribution >= 0.6 is 0 Å². The molecular weight excluding hydrogens is 222 g/mol. The highest BCUT2D eigenvalue weighted by Crippen LogP contribution is 2.36. The first-order chi connectivity index (χ1) is 8.78. The molecule has 2 fully saturated rings. The molecule has 1 saturated carbocycles. The molecule has 3 nitrogen and oxygen atoms in total. The van der Waals surface area contributed by atoms with E-state index in [0.29, 0.717) is 5.54 Å². The van der Waals surface area contributed by atoms with Crippen molar-refractivity contribution in [3.63, 3.8) is 0 Å². The third kappa shape index (κ3) is 2.29. The second-order valence-corrected chi connectivity index (χ2v) is 5.80. The molecule has 2 heterocycles. The normalized spacial score (nSPS) is 23.6. The van der Waals surface area contributed by atoms with Crippen molar-refractivity contribution >= 4 is 0 Å². The van der Waals surface area contributed by atoms with Gasteiger partial charge in [0, 0.05) is 37.4 Å². The Morgan fingerprint density at radius 3 is 2.94 bits per heavy atom. The van der Waals surface area contributed by atoms with Crippen LogP contribution in [0.15, 0.2) is 18.2 Å². The third-order valence-electron chi connectivity index (χ3n) is 4.52. The number of hydrogen-bond acceptors (Lipinski definition) is 3. The minimum Gasteiger partial charge on any atom is -0.314 e. The highest BCUT2D eigenvalue weighted by atomic mass is 15.3. The lowest BCUT2D eigenvalue weighted by Crippen LogP contribution is -2.59. The second kappa shape index (κ2) is 4.98. The molecule has 0 amide bonds. The van der Waals surface area contributed by atoms with Crippen molar-refractivity contribution < 1.29 is 0 Å². The Morgan fingerprint density at radius 2 is 2.17 bits per heavy atom. The number of rotatable bonds is 2. The molecule has 2 aliphatic rings. The van der Waals surface area contributed by atoms with Crippen molar-refractivity contribution in [3.05, 3.63) is 29.6 Å². The van der Waals surface area contributed by atoms with Gasteiger partial charge in [0.15, 0.2) is 0 Å². The number of aryl methyl sites for hydroxylation is 1. The zero-order valence-corrected chi connectivity index (χ0v) is 11.3. The van der Waals surface area contributed by atoms with Crippen LogP contribution in [0.3, 0.4) is 0 Å². The third-order valence-corrected chi connectivity index (χ3v) is 4.52. The maximum absolute atomic E-state index is 4.66. The van der Waals surface area contributed by atoms with E-state index >= 15 is 0 Å². The molecule has 1 aliphatic heterocycles. The van der Waals surface area contributed by atoms with Gasteiger partial charge in [-0.25, -0.2) is 0 Å². The molecule has 0 aromatic carbocycles. The summed E-state index contributed by atoms with van der Waals surface area (Å²) in [7, 11) is 0. The summed E-state index contributed by atoms with van der Waals surface area (Å²) in [5.41, 5.74) is 2.77. The molecule has 0 unspecified atom stereocenters. The van der Waals surface area contributed by atoms with E-state index in [1.165, 1.54) is 37.9 Å². The van der Waals surface area contributed by atoms with E-state index in [-0.39, 0.29) is 0 Å². The van der Waals surface area contributed by atoms with Gasteiger partial charge in [0.05, 0.1) is 5.69 Å². The quantitative estimate of drug-likeness (QED) is 0.865. The molecule has 3 heteroatoms. The lowest BCUT2D eigenvalue weighted by molar-refractivity contribution is 0.0560. The summed E-state index contributed by atoms with van der Waals surface area (Å²) in [5, 5.41) is 3.58. The number of nitrogens with one attached hydrogen (secondary N) is 1. The van der Waals surface area contributed by atoms with Gasteiger partial charge in [0.25, 0.3) is 0 Å². The van der Waals surface area contributed by atoms with Crippen LogP contribution in [0.25, 0.3) is 0 Å². The zero-order chi connectivity index (χ0) is 12.4. The Labute approximate surface area is 110 Å². The Balaban J connectivity index is 1.77. The van der Waals surface area contributed by atoms with Crippen LogP contribution in [0, 0.1) is 6.92 Å². The van der Waals surface area contributed by atoms with Crippen molar-refractivity contribution in [2.75, 3.05) is 19.6 Å². The van der Waals surface area contributed by atoms with Crippen LogP contribution in [0.2, 0.25) is 0 Å². The van der Waals surface area contributed by atoms with E-state index in [2.05, 4.69) is 40.3 Å². The van der Waals surface area contributed by atoms with Crippen LogP contribution in [-0.2, 0) is 6.54 Å². The predicted octanol–water partition coefficient (Wildman–Crippen LogP) is 2.11. The molecule has 0 bridgehead atoms. The van der Waals surface area contributed by atoms with Crippen LogP contribution in [-0.4, -0.2) is 35.1 Å². The molecule has 1 aliphatic carbocycles. The smallest absolute Gasteiger partial charge is 0.0547 e. The van der Waals surface area contributed by atoms with Crippen molar-refractivity contribution in [1.29, 1.82) is 0 Å².